The van der Waals surface area contributed by atoms with E-state index in [-0.39, 0.29) is 6.04 Å². The summed E-state index contributed by atoms with van der Waals surface area (Å²) >= 11 is 12.2. The lowest BCUT2D eigenvalue weighted by molar-refractivity contribution is -0.139. The number of nitrogens with one attached hydrogen (secondary N) is 3. The average Bonchev–Trinajstić information content (AvgIpc) is 2.66. The van der Waals surface area contributed by atoms with Crippen molar-refractivity contribution in [3.63, 3.8) is 0 Å². The Morgan fingerprint density at radius 3 is 2.57 bits per heavy atom. The van der Waals surface area contributed by atoms with Gasteiger partial charge < -0.3 is 10.6 Å². The van der Waals surface area contributed by atoms with Gasteiger partial charge in [0.2, 0.25) is 0 Å². The fourth-order valence-electron chi connectivity index (χ4n) is 2.18. The minimum absolute atomic E-state index is 0.0905. The predicted octanol–water partition coefficient (Wildman–Crippen LogP) is 4.41. The Morgan fingerprint density at radius 2 is 1.89 bits per heavy atom. The van der Waals surface area contributed by atoms with Gasteiger partial charge in [-0.2, -0.15) is 5.10 Å². The molecular weight excluding hydrogens is 399 g/mol. The molecule has 0 aromatic heterocycles. The van der Waals surface area contributed by atoms with Gasteiger partial charge in [-0.05, 0) is 56.2 Å². The van der Waals surface area contributed by atoms with Crippen LogP contribution in [0.5, 0.6) is 0 Å². The van der Waals surface area contributed by atoms with Gasteiger partial charge in [0.25, 0.3) is 0 Å². The van der Waals surface area contributed by atoms with Crippen LogP contribution in [0.4, 0.5) is 11.4 Å². The number of amides is 2. The smallest absolute Gasteiger partial charge is 0.329 e. The number of rotatable bonds is 6. The molecule has 0 saturated heterocycles. The van der Waals surface area contributed by atoms with Crippen LogP contribution in [-0.4, -0.2) is 24.1 Å². The van der Waals surface area contributed by atoms with E-state index in [1.807, 2.05) is 39.0 Å². The maximum Gasteiger partial charge on any atom is 0.329 e. The molecular formula is C20H22Cl2N4O2. The molecule has 6 nitrogen and oxygen atoms in total. The summed E-state index contributed by atoms with van der Waals surface area (Å²) in [6.07, 6.45) is 2.14. The lowest BCUT2D eigenvalue weighted by Gasteiger charge is -2.11. The molecule has 0 bridgehead atoms. The Labute approximate surface area is 174 Å². The fourth-order valence-corrected chi connectivity index (χ4v) is 2.54. The normalized spacial score (nSPS) is 11.9. The van der Waals surface area contributed by atoms with Crippen LogP contribution < -0.4 is 16.1 Å². The quantitative estimate of drug-likeness (QED) is 0.367. The number of nitrogens with zero attached hydrogens (tertiary/aromatic N) is 1. The number of benzene rings is 2. The van der Waals surface area contributed by atoms with Crippen LogP contribution in [0.1, 0.15) is 31.4 Å². The molecule has 0 unspecified atom stereocenters. The lowest BCUT2D eigenvalue weighted by Crippen LogP contribution is -2.41. The maximum absolute atomic E-state index is 11.8. The molecule has 2 amide bonds. The second kappa shape index (κ2) is 10.1. The van der Waals surface area contributed by atoms with E-state index >= 15 is 0 Å². The zero-order valence-corrected chi connectivity index (χ0v) is 17.4. The van der Waals surface area contributed by atoms with Gasteiger partial charge in [-0.25, -0.2) is 5.43 Å². The van der Waals surface area contributed by atoms with Crippen LogP contribution in [-0.2, 0) is 9.59 Å². The first-order valence-corrected chi connectivity index (χ1v) is 9.52. The molecule has 8 heteroatoms. The van der Waals surface area contributed by atoms with Gasteiger partial charge in [0.05, 0.1) is 6.21 Å². The topological polar surface area (TPSA) is 82.6 Å². The predicted molar refractivity (Wildman–Crippen MR) is 115 cm³/mol. The first kappa shape index (κ1) is 21.7. The van der Waals surface area contributed by atoms with E-state index < -0.39 is 11.8 Å². The molecule has 0 fully saturated rings. The number of hydrogen-bond acceptors (Lipinski definition) is 4. The number of hydrogen-bond donors (Lipinski definition) is 3. The average molecular weight is 421 g/mol. The van der Waals surface area contributed by atoms with Gasteiger partial charge in [-0.15, -0.1) is 0 Å². The minimum Gasteiger partial charge on any atom is -0.355 e. The van der Waals surface area contributed by atoms with Crippen LogP contribution >= 0.6 is 23.2 Å². The second-order valence-electron chi connectivity index (χ2n) is 6.30. The minimum atomic E-state index is -0.835. The van der Waals surface area contributed by atoms with Crippen molar-refractivity contribution in [1.29, 1.82) is 0 Å². The lowest BCUT2D eigenvalue weighted by atomic mass is 10.1. The molecule has 2 rings (SSSR count). The molecule has 0 saturated carbocycles. The van der Waals surface area contributed by atoms with E-state index in [1.165, 1.54) is 6.21 Å². The molecule has 0 spiro atoms. The molecule has 2 aromatic carbocycles. The van der Waals surface area contributed by atoms with Crippen molar-refractivity contribution >= 4 is 52.6 Å². The Balaban J connectivity index is 2.11. The van der Waals surface area contributed by atoms with Crippen molar-refractivity contribution in [3.05, 3.63) is 57.6 Å². The summed E-state index contributed by atoms with van der Waals surface area (Å²) in [7, 11) is 0. The van der Waals surface area contributed by atoms with Gasteiger partial charge in [0.1, 0.15) is 0 Å². The molecule has 0 heterocycles. The van der Waals surface area contributed by atoms with Crippen molar-refractivity contribution in [2.75, 3.05) is 5.32 Å². The molecule has 0 radical (unpaired) electrons. The van der Waals surface area contributed by atoms with Crippen LogP contribution in [0.2, 0.25) is 10.0 Å². The van der Waals surface area contributed by atoms with Crippen molar-refractivity contribution in [3.8, 4) is 0 Å². The Hall–Kier alpha value is -2.57. The van der Waals surface area contributed by atoms with Crippen molar-refractivity contribution in [1.82, 2.24) is 10.7 Å². The standard InChI is InChI=1S/C20H22Cl2N4O2/c1-4-13(3)24-19(27)20(28)26-23-11-14-9-15(21)6-8-18(14)25-16-7-5-12(2)17(22)10-16/h5-11,13,25H,4H2,1-3H3,(H,24,27)(H,26,28)/b23-11-/t13-/m0/s1. The van der Waals surface area contributed by atoms with Crippen LogP contribution in [0.25, 0.3) is 0 Å². The molecule has 0 aliphatic rings. The number of carbonyl (C=O) groups is 2. The van der Waals surface area contributed by atoms with Gasteiger partial charge in [-0.1, -0.05) is 36.2 Å². The Morgan fingerprint density at radius 1 is 1.14 bits per heavy atom. The molecule has 2 aromatic rings. The second-order valence-corrected chi connectivity index (χ2v) is 7.15. The Bertz CT molecular complexity index is 900. The molecule has 0 aliphatic carbocycles. The third kappa shape index (κ3) is 6.25. The zero-order valence-electron chi connectivity index (χ0n) is 15.8. The molecule has 148 valence electrons. The number of aryl methyl sites for hydroxylation is 1. The van der Waals surface area contributed by atoms with Crippen LogP contribution in [0.3, 0.4) is 0 Å². The summed E-state index contributed by atoms with van der Waals surface area (Å²) in [5, 5.41) is 10.8. The van der Waals surface area contributed by atoms with E-state index in [2.05, 4.69) is 21.2 Å². The summed E-state index contributed by atoms with van der Waals surface area (Å²) in [5.74, 6) is -1.57. The largest absolute Gasteiger partial charge is 0.355 e. The van der Waals surface area contributed by atoms with E-state index in [4.69, 9.17) is 23.2 Å². The number of carbonyl (C=O) groups excluding carboxylic acids is 2. The highest BCUT2D eigenvalue weighted by Crippen LogP contribution is 2.26. The fraction of sp³-hybridized carbons (Fsp3) is 0.250. The van der Waals surface area contributed by atoms with E-state index in [0.29, 0.717) is 21.3 Å². The molecule has 1 atom stereocenters. The molecule has 0 aliphatic heterocycles. The van der Waals surface area contributed by atoms with Crippen LogP contribution in [0.15, 0.2) is 41.5 Å². The monoisotopic (exact) mass is 420 g/mol. The summed E-state index contributed by atoms with van der Waals surface area (Å²) in [5.41, 5.74) is 5.33. The van der Waals surface area contributed by atoms with Crippen molar-refractivity contribution in [2.45, 2.75) is 33.2 Å². The van der Waals surface area contributed by atoms with Gasteiger partial charge in [-0.3, -0.25) is 9.59 Å². The first-order chi connectivity index (χ1) is 13.3. The van der Waals surface area contributed by atoms with Gasteiger partial charge in [0.15, 0.2) is 0 Å². The van der Waals surface area contributed by atoms with Gasteiger partial charge >= 0.3 is 11.8 Å². The SMILES string of the molecule is CC[C@H](C)NC(=O)C(=O)N/N=C\c1cc(Cl)ccc1Nc1ccc(C)c(Cl)c1. The highest BCUT2D eigenvalue weighted by molar-refractivity contribution is 6.35. The van der Waals surface area contributed by atoms with Gasteiger partial charge in [0, 0.05) is 33.0 Å². The highest BCUT2D eigenvalue weighted by atomic mass is 35.5. The van der Waals surface area contributed by atoms with Crippen molar-refractivity contribution < 1.29 is 9.59 Å². The number of hydrazone groups is 1. The third-order valence-electron chi connectivity index (χ3n) is 4.03. The molecule has 3 N–H and O–H groups in total. The summed E-state index contributed by atoms with van der Waals surface area (Å²) in [6.45, 7) is 5.65. The van der Waals surface area contributed by atoms with Crippen molar-refractivity contribution in [2.24, 2.45) is 5.10 Å². The highest BCUT2D eigenvalue weighted by Gasteiger charge is 2.14. The van der Waals surface area contributed by atoms with E-state index in [1.54, 1.807) is 18.2 Å². The van der Waals surface area contributed by atoms with E-state index in [0.717, 1.165) is 17.7 Å². The Kier molecular flexibility index (Phi) is 7.84. The summed E-state index contributed by atoms with van der Waals surface area (Å²) in [6, 6.07) is 10.7. The third-order valence-corrected chi connectivity index (χ3v) is 4.67. The summed E-state index contributed by atoms with van der Waals surface area (Å²) < 4.78 is 0. The van der Waals surface area contributed by atoms with E-state index in [9.17, 15) is 9.59 Å². The first-order valence-electron chi connectivity index (χ1n) is 8.76. The maximum atomic E-state index is 11.8. The number of anilines is 2. The summed E-state index contributed by atoms with van der Waals surface area (Å²) in [4.78, 5) is 23.5. The van der Waals surface area contributed by atoms with Crippen LogP contribution in [0, 0.1) is 6.92 Å². The molecule has 28 heavy (non-hydrogen) atoms. The number of halogens is 2. The zero-order chi connectivity index (χ0) is 20.7.